The number of guanidine groups is 1. The Morgan fingerprint density at radius 1 is 1.37 bits per heavy atom. The Balaban J connectivity index is 1.42. The van der Waals surface area contributed by atoms with E-state index in [0.29, 0.717) is 51.7 Å². The molecule has 4 aliphatic heterocycles. The van der Waals surface area contributed by atoms with Crippen LogP contribution in [0.3, 0.4) is 0 Å². The number of fused-ring (bicyclic) bond motifs is 2. The van der Waals surface area contributed by atoms with E-state index >= 15 is 0 Å². The van der Waals surface area contributed by atoms with Gasteiger partial charge in [-0.2, -0.15) is 13.5 Å². The Bertz CT molecular complexity index is 792. The van der Waals surface area contributed by atoms with Crippen LogP contribution in [-0.4, -0.2) is 82.9 Å². The number of hydrogen-bond donors (Lipinski definition) is 3. The summed E-state index contributed by atoms with van der Waals surface area (Å²) in [6.45, 7) is 1.54. The third-order valence-corrected chi connectivity index (χ3v) is 6.11. The molecule has 2 bridgehead atoms. The second-order valence-corrected chi connectivity index (χ2v) is 8.42. The summed E-state index contributed by atoms with van der Waals surface area (Å²) in [5.74, 6) is 0.0453. The molecule has 13 heteroatoms. The lowest BCUT2D eigenvalue weighted by atomic mass is 9.84. The number of piperidine rings is 2. The van der Waals surface area contributed by atoms with Crippen molar-refractivity contribution in [3.8, 4) is 0 Å². The number of oxime groups is 1. The largest absolute Gasteiger partial charge is 0.418 e. The first kappa shape index (κ1) is 18.3. The summed E-state index contributed by atoms with van der Waals surface area (Å²) < 4.78 is 35.3. The number of nitrogens with zero attached hydrogens (tertiary/aromatic N) is 4. The minimum Gasteiger partial charge on any atom is -0.389 e. The zero-order valence-electron chi connectivity index (χ0n) is 14.6. The number of carbonyl (C=O) groups is 1. The van der Waals surface area contributed by atoms with Gasteiger partial charge in [-0.15, -0.1) is 4.28 Å². The van der Waals surface area contributed by atoms with Crippen LogP contribution in [0.5, 0.6) is 0 Å². The fourth-order valence-electron chi connectivity index (χ4n) is 4.33. The van der Waals surface area contributed by atoms with E-state index in [1.807, 2.05) is 0 Å². The summed E-state index contributed by atoms with van der Waals surface area (Å²) in [4.78, 5) is 21.6. The van der Waals surface area contributed by atoms with Crippen molar-refractivity contribution in [1.82, 2.24) is 14.9 Å². The molecule has 12 nitrogen and oxygen atoms in total. The van der Waals surface area contributed by atoms with Crippen LogP contribution in [0, 0.1) is 5.41 Å². The highest BCUT2D eigenvalue weighted by molar-refractivity contribution is 7.80. The van der Waals surface area contributed by atoms with Crippen molar-refractivity contribution < 1.29 is 26.9 Å². The molecule has 4 N–H and O–H groups in total. The van der Waals surface area contributed by atoms with Gasteiger partial charge in [-0.3, -0.25) is 9.96 Å². The topological polar surface area (TPSA) is 162 Å². The van der Waals surface area contributed by atoms with Crippen LogP contribution in [0.2, 0.25) is 0 Å². The number of rotatable bonds is 3. The van der Waals surface area contributed by atoms with E-state index in [1.54, 1.807) is 4.90 Å². The van der Waals surface area contributed by atoms with Crippen LogP contribution in [0.4, 0.5) is 4.79 Å². The van der Waals surface area contributed by atoms with Crippen molar-refractivity contribution in [2.75, 3.05) is 19.6 Å². The molecule has 4 heterocycles. The van der Waals surface area contributed by atoms with Gasteiger partial charge in [0.25, 0.3) is 0 Å². The average Bonchev–Trinajstić information content (AvgIpc) is 3.10. The van der Waals surface area contributed by atoms with E-state index in [-0.39, 0.29) is 12.0 Å². The van der Waals surface area contributed by atoms with Crippen molar-refractivity contribution in [3.05, 3.63) is 0 Å². The Labute approximate surface area is 156 Å². The normalized spacial score (nSPS) is 29.9. The molecule has 0 unspecified atom stereocenters. The lowest BCUT2D eigenvalue weighted by Gasteiger charge is -2.37. The van der Waals surface area contributed by atoms with Crippen molar-refractivity contribution in [2.24, 2.45) is 10.9 Å². The predicted molar refractivity (Wildman–Crippen MR) is 92.0 cm³/mol. The number of hydrogen-bond acceptors (Lipinski definition) is 7. The Morgan fingerprint density at radius 2 is 2.07 bits per heavy atom. The van der Waals surface area contributed by atoms with Crippen LogP contribution < -0.4 is 5.73 Å². The number of likely N-dealkylation sites (tertiary alicyclic amines) is 1. The minimum atomic E-state index is -4.76. The maximum atomic E-state index is 12.5. The number of carbonyl (C=O) groups excluding carboxylic acids is 1. The molecule has 1 spiro atoms. The molecular formula is C14H22N6O6S. The number of urea groups is 1. The molecule has 150 valence electrons. The predicted octanol–water partition coefficient (Wildman–Crippen LogP) is -0.506. The summed E-state index contributed by atoms with van der Waals surface area (Å²) in [7, 11) is -4.76. The molecule has 4 aliphatic rings. The van der Waals surface area contributed by atoms with E-state index in [9.17, 15) is 13.2 Å². The second kappa shape index (κ2) is 6.21. The van der Waals surface area contributed by atoms with Gasteiger partial charge < -0.3 is 20.4 Å². The first-order valence-electron chi connectivity index (χ1n) is 8.78. The average molecular weight is 402 g/mol. The van der Waals surface area contributed by atoms with Crippen molar-refractivity contribution >= 4 is 28.1 Å². The fourth-order valence-corrected chi connectivity index (χ4v) is 4.72. The molecule has 0 aromatic carbocycles. The first-order valence-corrected chi connectivity index (χ1v) is 10.1. The van der Waals surface area contributed by atoms with Crippen molar-refractivity contribution in [3.63, 3.8) is 0 Å². The minimum absolute atomic E-state index is 0.0453. The lowest BCUT2D eigenvalue weighted by Crippen LogP contribution is -2.50. The van der Waals surface area contributed by atoms with Gasteiger partial charge in [0.2, 0.25) is 0 Å². The summed E-state index contributed by atoms with van der Waals surface area (Å²) in [5, 5.41) is 12.5. The van der Waals surface area contributed by atoms with E-state index in [0.717, 1.165) is 10.8 Å². The van der Waals surface area contributed by atoms with E-state index in [1.165, 1.54) is 4.90 Å². The van der Waals surface area contributed by atoms with Gasteiger partial charge in [0.15, 0.2) is 5.96 Å². The van der Waals surface area contributed by atoms with Gasteiger partial charge in [-0.05, 0) is 12.8 Å². The van der Waals surface area contributed by atoms with Gasteiger partial charge in [0, 0.05) is 38.9 Å². The van der Waals surface area contributed by atoms with Gasteiger partial charge in [0.05, 0.1) is 17.8 Å². The molecule has 4 rings (SSSR count). The smallest absolute Gasteiger partial charge is 0.389 e. The molecule has 0 aliphatic carbocycles. The van der Waals surface area contributed by atoms with Gasteiger partial charge >= 0.3 is 16.4 Å². The lowest BCUT2D eigenvalue weighted by molar-refractivity contribution is -0.0525. The molecular weight excluding hydrogens is 380 g/mol. The van der Waals surface area contributed by atoms with Crippen LogP contribution >= 0.6 is 0 Å². The van der Waals surface area contributed by atoms with Crippen molar-refractivity contribution in [2.45, 2.75) is 49.8 Å². The zero-order chi connectivity index (χ0) is 19.4. The Kier molecular flexibility index (Phi) is 4.20. The monoisotopic (exact) mass is 402 g/mol. The van der Waals surface area contributed by atoms with E-state index < -0.39 is 28.1 Å². The quantitative estimate of drug-likeness (QED) is 0.323. The fraction of sp³-hybridized carbons (Fsp3) is 0.786. The highest BCUT2D eigenvalue weighted by atomic mass is 32.3. The van der Waals surface area contributed by atoms with Gasteiger partial charge in [0.1, 0.15) is 5.60 Å². The van der Waals surface area contributed by atoms with Gasteiger partial charge in [-0.1, -0.05) is 5.16 Å². The van der Waals surface area contributed by atoms with E-state index in [4.69, 9.17) is 20.5 Å². The number of nitrogens with one attached hydrogen (secondary N) is 1. The third kappa shape index (κ3) is 3.30. The SMILES string of the molecule is N=C(N)N1CCC2(CC1)CC([C@@H]1CC[C@@H]3CN1C(=O)N3OS(=O)(=O)O)=NO2. The summed E-state index contributed by atoms with van der Waals surface area (Å²) in [5.41, 5.74) is 5.85. The standard InChI is InChI=1S/C14H22N6O6S/c15-12(16)18-5-3-14(4-6-18)7-10(17-25-14)11-2-1-9-8-19(11)13(21)20(9)26-27(22,23)24/h9,11H,1-8H2,(H3,15,16)(H,22,23,24)/t9-,11+/m1/s1. The molecule has 0 saturated carbocycles. The maximum absolute atomic E-state index is 12.5. The second-order valence-electron chi connectivity index (χ2n) is 7.42. The summed E-state index contributed by atoms with van der Waals surface area (Å²) in [6.07, 6.45) is 3.09. The van der Waals surface area contributed by atoms with Crippen LogP contribution in [0.15, 0.2) is 5.16 Å². The zero-order valence-corrected chi connectivity index (χ0v) is 15.4. The molecule has 2 atom stereocenters. The third-order valence-electron chi connectivity index (χ3n) is 5.76. The maximum Gasteiger partial charge on any atom is 0.418 e. The molecule has 3 saturated heterocycles. The number of hydroxylamine groups is 2. The van der Waals surface area contributed by atoms with Crippen LogP contribution in [0.25, 0.3) is 0 Å². The summed E-state index contributed by atoms with van der Waals surface area (Å²) in [6, 6.07) is -1.31. The van der Waals surface area contributed by atoms with Crippen molar-refractivity contribution in [1.29, 1.82) is 5.41 Å². The summed E-state index contributed by atoms with van der Waals surface area (Å²) >= 11 is 0. The molecule has 27 heavy (non-hydrogen) atoms. The highest BCUT2D eigenvalue weighted by Gasteiger charge is 2.52. The molecule has 2 amide bonds. The Hall–Kier alpha value is -2.12. The molecule has 0 radical (unpaired) electrons. The Morgan fingerprint density at radius 3 is 2.70 bits per heavy atom. The van der Waals surface area contributed by atoms with Gasteiger partial charge in [-0.25, -0.2) is 4.79 Å². The molecule has 0 aromatic rings. The van der Waals surface area contributed by atoms with Crippen LogP contribution in [0.1, 0.15) is 32.1 Å². The number of amides is 2. The highest BCUT2D eigenvalue weighted by Crippen LogP contribution is 2.39. The molecule has 0 aromatic heterocycles. The van der Waals surface area contributed by atoms with E-state index in [2.05, 4.69) is 9.44 Å². The molecule has 3 fully saturated rings. The van der Waals surface area contributed by atoms with Crippen LogP contribution in [-0.2, 0) is 19.5 Å². The first-order chi connectivity index (χ1) is 12.7. The number of nitrogens with two attached hydrogens (primary N) is 1.